The number of carbonyl (C=O) groups excluding carboxylic acids is 1. The van der Waals surface area contributed by atoms with Gasteiger partial charge in [-0.15, -0.1) is 0 Å². The van der Waals surface area contributed by atoms with Gasteiger partial charge in [0.2, 0.25) is 26.0 Å². The largest absolute Gasteiger partial charge is 0.326 e. The summed E-state index contributed by atoms with van der Waals surface area (Å²) in [6, 6.07) is 10.8. The van der Waals surface area contributed by atoms with Crippen molar-refractivity contribution in [3.63, 3.8) is 0 Å². The molecule has 8 nitrogen and oxygen atoms in total. The van der Waals surface area contributed by atoms with Crippen LogP contribution in [0.4, 0.5) is 5.69 Å². The first kappa shape index (κ1) is 26.4. The zero-order valence-corrected chi connectivity index (χ0v) is 22.1. The van der Waals surface area contributed by atoms with E-state index >= 15 is 0 Å². The molecule has 0 aliphatic carbocycles. The van der Waals surface area contributed by atoms with Crippen LogP contribution in [-0.4, -0.2) is 57.5 Å². The number of piperidine rings is 1. The predicted molar refractivity (Wildman–Crippen MR) is 136 cm³/mol. The van der Waals surface area contributed by atoms with Gasteiger partial charge in [-0.2, -0.15) is 4.31 Å². The number of hydrogen-bond acceptors (Lipinski definition) is 5. The van der Waals surface area contributed by atoms with Gasteiger partial charge in [-0.3, -0.25) is 4.79 Å². The molecule has 0 unspecified atom stereocenters. The van der Waals surface area contributed by atoms with Gasteiger partial charge in [-0.25, -0.2) is 21.1 Å². The highest BCUT2D eigenvalue weighted by Gasteiger charge is 2.33. The maximum Gasteiger partial charge on any atom is 0.243 e. The summed E-state index contributed by atoms with van der Waals surface area (Å²) in [4.78, 5) is 13.1. The molecular weight excluding hydrogens is 533 g/mol. The average molecular weight is 561 g/mol. The minimum absolute atomic E-state index is 0.0803. The molecule has 0 aromatic heterocycles. The Morgan fingerprint density at radius 1 is 0.886 bits per heavy atom. The second-order valence-electron chi connectivity index (χ2n) is 8.83. The van der Waals surface area contributed by atoms with Crippen LogP contribution in [0, 0.1) is 5.92 Å². The number of anilines is 1. The average Bonchev–Trinajstić information content (AvgIpc) is 3.38. The first-order chi connectivity index (χ1) is 16.6. The lowest BCUT2D eigenvalue weighted by molar-refractivity contribution is -0.120. The Morgan fingerprint density at radius 3 is 2.20 bits per heavy atom. The van der Waals surface area contributed by atoms with Gasteiger partial charge in [0.1, 0.15) is 0 Å². The summed E-state index contributed by atoms with van der Waals surface area (Å²) in [5.41, 5.74) is 0.987. The first-order valence-electron chi connectivity index (χ1n) is 11.4. The highest BCUT2D eigenvalue weighted by molar-refractivity contribution is 7.89. The van der Waals surface area contributed by atoms with Crippen molar-refractivity contribution >= 4 is 54.8 Å². The third-order valence-corrected chi connectivity index (χ3v) is 10.8. The summed E-state index contributed by atoms with van der Waals surface area (Å²) in [6.45, 7) is 1.47. The summed E-state index contributed by atoms with van der Waals surface area (Å²) in [5.74, 6) is -1.04. The van der Waals surface area contributed by atoms with E-state index in [1.54, 1.807) is 24.3 Å². The zero-order chi connectivity index (χ0) is 25.2. The van der Waals surface area contributed by atoms with Gasteiger partial charge in [0, 0.05) is 31.9 Å². The molecule has 1 amide bonds. The molecule has 0 radical (unpaired) electrons. The van der Waals surface area contributed by atoms with Crippen LogP contribution in [0.5, 0.6) is 0 Å². The summed E-state index contributed by atoms with van der Waals surface area (Å²) >= 11 is 11.9. The van der Waals surface area contributed by atoms with Gasteiger partial charge in [0.15, 0.2) is 0 Å². The molecule has 2 fully saturated rings. The van der Waals surface area contributed by atoms with Crippen molar-refractivity contribution in [3.05, 3.63) is 58.1 Å². The Labute approximate surface area is 216 Å². The third kappa shape index (κ3) is 6.18. The molecule has 2 aliphatic rings. The van der Waals surface area contributed by atoms with Crippen molar-refractivity contribution < 1.29 is 21.6 Å². The molecule has 1 N–H and O–H groups in total. The summed E-state index contributed by atoms with van der Waals surface area (Å²) < 4.78 is 54.1. The van der Waals surface area contributed by atoms with E-state index in [2.05, 4.69) is 5.32 Å². The van der Waals surface area contributed by atoms with Gasteiger partial charge >= 0.3 is 0 Å². The van der Waals surface area contributed by atoms with Gasteiger partial charge in [0.05, 0.1) is 26.6 Å². The topological polar surface area (TPSA) is 104 Å². The van der Waals surface area contributed by atoms with Crippen LogP contribution < -0.4 is 5.32 Å². The van der Waals surface area contributed by atoms with Gasteiger partial charge in [0.25, 0.3) is 0 Å². The lowest BCUT2D eigenvalue weighted by Gasteiger charge is -2.31. The van der Waals surface area contributed by atoms with Crippen LogP contribution in [0.3, 0.4) is 0 Å². The van der Waals surface area contributed by atoms with E-state index in [-0.39, 0.29) is 28.1 Å². The monoisotopic (exact) mass is 559 g/mol. The molecule has 0 bridgehead atoms. The lowest BCUT2D eigenvalue weighted by Crippen LogP contribution is -2.44. The SMILES string of the molecule is O=C(Nc1ccc(S(=O)(=O)N2CCCC2)cc1)[C@H]1CCCN(S(=O)(=O)Cc2ccc(Cl)c(Cl)c2)C1. The van der Waals surface area contributed by atoms with Gasteiger partial charge in [-0.1, -0.05) is 29.3 Å². The quantitative estimate of drug-likeness (QED) is 0.552. The summed E-state index contributed by atoms with van der Waals surface area (Å²) in [6.07, 6.45) is 2.83. The van der Waals surface area contributed by atoms with Crippen LogP contribution in [0.15, 0.2) is 47.4 Å². The molecule has 2 aromatic rings. The Morgan fingerprint density at radius 2 is 1.54 bits per heavy atom. The molecule has 2 aliphatic heterocycles. The highest BCUT2D eigenvalue weighted by Crippen LogP contribution is 2.27. The van der Waals surface area contributed by atoms with Gasteiger partial charge in [-0.05, 0) is 67.6 Å². The Balaban J connectivity index is 1.38. The van der Waals surface area contributed by atoms with Crippen LogP contribution in [0.1, 0.15) is 31.2 Å². The summed E-state index contributed by atoms with van der Waals surface area (Å²) in [7, 11) is -7.18. The molecule has 0 spiro atoms. The van der Waals surface area contributed by atoms with Crippen molar-refractivity contribution in [2.24, 2.45) is 5.92 Å². The maximum atomic E-state index is 13.0. The number of halogens is 2. The standard InChI is InChI=1S/C23H27Cl2N3O5S2/c24-21-10-5-17(14-22(21)25)16-34(30,31)28-13-3-4-18(15-28)23(29)26-19-6-8-20(9-7-19)35(32,33)27-11-1-2-12-27/h5-10,14,18H,1-4,11-13,15-16H2,(H,26,29)/t18-/m0/s1. The molecule has 2 heterocycles. The number of benzene rings is 2. The first-order valence-corrected chi connectivity index (χ1v) is 15.2. The van der Waals surface area contributed by atoms with Crippen molar-refractivity contribution in [1.29, 1.82) is 0 Å². The summed E-state index contributed by atoms with van der Waals surface area (Å²) in [5, 5.41) is 3.43. The van der Waals surface area contributed by atoms with Gasteiger partial charge < -0.3 is 5.32 Å². The van der Waals surface area contributed by atoms with Crippen molar-refractivity contribution in [3.8, 4) is 0 Å². The minimum atomic E-state index is -3.66. The molecular formula is C23H27Cl2N3O5S2. The van der Waals surface area contributed by atoms with E-state index in [1.807, 2.05) is 0 Å². The predicted octanol–water partition coefficient (Wildman–Crippen LogP) is 3.96. The number of hydrogen-bond donors (Lipinski definition) is 1. The molecule has 1 atom stereocenters. The third-order valence-electron chi connectivity index (χ3n) is 6.31. The number of carbonyl (C=O) groups is 1. The molecule has 2 saturated heterocycles. The Hall–Kier alpha value is -1.69. The van der Waals surface area contributed by atoms with Crippen LogP contribution in [-0.2, 0) is 30.6 Å². The van der Waals surface area contributed by atoms with E-state index in [4.69, 9.17) is 23.2 Å². The number of nitrogens with one attached hydrogen (secondary N) is 1. The van der Waals surface area contributed by atoms with E-state index in [9.17, 15) is 21.6 Å². The fourth-order valence-corrected chi connectivity index (χ4v) is 7.81. The van der Waals surface area contributed by atoms with E-state index in [0.29, 0.717) is 48.7 Å². The van der Waals surface area contributed by atoms with Crippen molar-refractivity contribution in [2.75, 3.05) is 31.5 Å². The number of nitrogens with zero attached hydrogens (tertiary/aromatic N) is 2. The molecule has 0 saturated carbocycles. The second-order valence-corrected chi connectivity index (χ2v) is 13.5. The van der Waals surface area contributed by atoms with E-state index in [1.165, 1.54) is 26.8 Å². The Bertz CT molecular complexity index is 1290. The van der Waals surface area contributed by atoms with E-state index < -0.39 is 26.0 Å². The van der Waals surface area contributed by atoms with E-state index in [0.717, 1.165) is 12.8 Å². The lowest BCUT2D eigenvalue weighted by atomic mass is 9.99. The second kappa shape index (κ2) is 10.7. The maximum absolute atomic E-state index is 13.0. The molecule has 35 heavy (non-hydrogen) atoms. The van der Waals surface area contributed by atoms with Crippen molar-refractivity contribution in [1.82, 2.24) is 8.61 Å². The van der Waals surface area contributed by atoms with Crippen molar-refractivity contribution in [2.45, 2.75) is 36.3 Å². The molecule has 2 aromatic carbocycles. The minimum Gasteiger partial charge on any atom is -0.326 e. The molecule has 190 valence electrons. The van der Waals surface area contributed by atoms with Crippen LogP contribution in [0.2, 0.25) is 10.0 Å². The number of sulfonamides is 2. The molecule has 12 heteroatoms. The number of rotatable bonds is 7. The number of amides is 1. The highest BCUT2D eigenvalue weighted by atomic mass is 35.5. The van der Waals surface area contributed by atoms with Crippen LogP contribution >= 0.6 is 23.2 Å². The fraction of sp³-hybridized carbons (Fsp3) is 0.435. The fourth-order valence-electron chi connectivity index (χ4n) is 4.37. The molecule has 4 rings (SSSR count). The van der Waals surface area contributed by atoms with Crippen LogP contribution in [0.25, 0.3) is 0 Å². The normalized spacial score (nSPS) is 20.1. The Kier molecular flexibility index (Phi) is 8.09. The smallest absolute Gasteiger partial charge is 0.243 e. The zero-order valence-electron chi connectivity index (χ0n) is 19.0.